The molecule has 2 aromatic rings. The second kappa shape index (κ2) is 17.4. The highest BCUT2D eigenvalue weighted by Gasteiger charge is 2.58. The third-order valence-electron chi connectivity index (χ3n) is 9.92. The fourth-order valence-corrected chi connectivity index (χ4v) is 12.3. The van der Waals surface area contributed by atoms with E-state index >= 15 is 0 Å². The Bertz CT molecular complexity index is 1180. The minimum absolute atomic E-state index is 0.130. The molecule has 12 heteroatoms. The summed E-state index contributed by atoms with van der Waals surface area (Å²) >= 11 is 0. The molecule has 0 aromatic heterocycles. The molecule has 0 saturated carbocycles. The molecule has 2 heterocycles. The highest BCUT2D eigenvalue weighted by atomic mass is 28.4. The maximum atomic E-state index is 12.5. The molecule has 2 saturated heterocycles. The number of ether oxygens (including phenoxy) is 9. The zero-order chi connectivity index (χ0) is 35.1. The van der Waals surface area contributed by atoms with E-state index in [1.807, 2.05) is 36.4 Å². The molecular weight excluding hydrogens is 636 g/mol. The topological polar surface area (TPSA) is 113 Å². The van der Waals surface area contributed by atoms with Crippen LogP contribution in [0.5, 0.6) is 0 Å². The molecule has 0 spiro atoms. The van der Waals surface area contributed by atoms with Gasteiger partial charge in [-0.15, -0.1) is 0 Å². The maximum Gasteiger partial charge on any atom is 0.261 e. The lowest BCUT2D eigenvalue weighted by Crippen LogP contribution is -2.70. The summed E-state index contributed by atoms with van der Waals surface area (Å²) in [5.41, 5.74) is 0. The molecule has 0 radical (unpaired) electrons. The van der Waals surface area contributed by atoms with Crippen LogP contribution in [0.2, 0.25) is 5.04 Å². The van der Waals surface area contributed by atoms with Gasteiger partial charge in [0, 0.05) is 55.7 Å². The molecule has 1 N–H and O–H groups in total. The van der Waals surface area contributed by atoms with Gasteiger partial charge in [-0.05, 0) is 15.4 Å². The van der Waals surface area contributed by atoms with Crippen molar-refractivity contribution < 1.29 is 52.2 Å². The number of aliphatic hydroxyl groups is 1. The smallest absolute Gasteiger partial charge is 0.261 e. The van der Waals surface area contributed by atoms with Crippen LogP contribution in [0.15, 0.2) is 60.7 Å². The van der Waals surface area contributed by atoms with Crippen LogP contribution in [-0.2, 0) is 47.1 Å². The summed E-state index contributed by atoms with van der Waals surface area (Å²) < 4.78 is 61.5. The summed E-state index contributed by atoms with van der Waals surface area (Å²) in [6.45, 7) is 7.01. The summed E-state index contributed by atoms with van der Waals surface area (Å²) in [7, 11) is 8.09. The minimum Gasteiger partial charge on any atom is -0.405 e. The first-order valence-corrected chi connectivity index (χ1v) is 18.4. The van der Waals surface area contributed by atoms with E-state index in [-0.39, 0.29) is 18.3 Å². The van der Waals surface area contributed by atoms with Crippen molar-refractivity contribution in [2.24, 2.45) is 5.92 Å². The Hall–Kier alpha value is -1.78. The summed E-state index contributed by atoms with van der Waals surface area (Å²) in [5.74, 6) is -0.702. The van der Waals surface area contributed by atoms with Gasteiger partial charge in [-0.2, -0.15) is 0 Å². The zero-order valence-electron chi connectivity index (χ0n) is 30.1. The molecule has 0 aliphatic carbocycles. The normalized spacial score (nSPS) is 32.2. The third-order valence-corrected chi connectivity index (χ3v) is 14.9. The summed E-state index contributed by atoms with van der Waals surface area (Å²) in [6, 6.07) is 20.8. The first kappa shape index (κ1) is 39.0. The van der Waals surface area contributed by atoms with Gasteiger partial charge in [0.2, 0.25) is 0 Å². The van der Waals surface area contributed by atoms with Gasteiger partial charge in [-0.1, -0.05) is 81.4 Å². The van der Waals surface area contributed by atoms with E-state index in [0.29, 0.717) is 0 Å². The molecule has 48 heavy (non-hydrogen) atoms. The Labute approximate surface area is 287 Å². The Kier molecular flexibility index (Phi) is 14.2. The van der Waals surface area contributed by atoms with Gasteiger partial charge in [-0.3, -0.25) is 0 Å². The van der Waals surface area contributed by atoms with E-state index in [1.54, 1.807) is 49.8 Å². The van der Waals surface area contributed by atoms with Crippen LogP contribution in [-0.4, -0.2) is 138 Å². The second-order valence-corrected chi connectivity index (χ2v) is 17.7. The molecular formula is C36H56O11Si. The maximum absolute atomic E-state index is 12.5. The minimum atomic E-state index is -2.98. The van der Waals surface area contributed by atoms with Crippen molar-refractivity contribution in [1.29, 1.82) is 0 Å². The Morgan fingerprint density at radius 2 is 1.15 bits per heavy atom. The van der Waals surface area contributed by atoms with Crippen molar-refractivity contribution in [3.8, 4) is 0 Å². The summed E-state index contributed by atoms with van der Waals surface area (Å²) in [6.07, 6.45) is -7.16. The molecule has 2 aliphatic heterocycles. The number of hydrogen-bond donors (Lipinski definition) is 1. The van der Waals surface area contributed by atoms with Crippen molar-refractivity contribution in [3.63, 3.8) is 0 Å². The van der Waals surface area contributed by atoms with E-state index in [9.17, 15) is 5.11 Å². The van der Waals surface area contributed by atoms with Gasteiger partial charge in [0.25, 0.3) is 8.32 Å². The average Bonchev–Trinajstić information content (AvgIpc) is 3.10. The molecule has 270 valence electrons. The molecule has 2 aromatic carbocycles. The lowest BCUT2D eigenvalue weighted by molar-refractivity contribution is -0.320. The third kappa shape index (κ3) is 7.60. The van der Waals surface area contributed by atoms with Crippen LogP contribution in [0.1, 0.15) is 20.8 Å². The molecule has 0 amide bonds. The van der Waals surface area contributed by atoms with Crippen LogP contribution in [0.25, 0.3) is 0 Å². The highest BCUT2D eigenvalue weighted by molar-refractivity contribution is 6.99. The van der Waals surface area contributed by atoms with E-state index in [4.69, 9.17) is 47.1 Å². The largest absolute Gasteiger partial charge is 0.405 e. The van der Waals surface area contributed by atoms with Gasteiger partial charge in [0.1, 0.15) is 36.6 Å². The van der Waals surface area contributed by atoms with Crippen LogP contribution in [0.3, 0.4) is 0 Å². The fourth-order valence-electron chi connectivity index (χ4n) is 7.74. The van der Waals surface area contributed by atoms with Gasteiger partial charge >= 0.3 is 0 Å². The van der Waals surface area contributed by atoms with Crippen molar-refractivity contribution in [2.45, 2.75) is 87.0 Å². The van der Waals surface area contributed by atoms with E-state index < -0.39 is 75.5 Å². The quantitative estimate of drug-likeness (QED) is 0.278. The number of methoxy groups -OCH3 is 7. The van der Waals surface area contributed by atoms with Crippen molar-refractivity contribution >= 4 is 18.7 Å². The average molecular weight is 693 g/mol. The molecule has 11 nitrogen and oxygen atoms in total. The van der Waals surface area contributed by atoms with E-state index in [1.165, 1.54) is 0 Å². The monoisotopic (exact) mass is 692 g/mol. The van der Waals surface area contributed by atoms with Crippen LogP contribution in [0, 0.1) is 5.92 Å². The SMILES string of the molecule is COC[C@H]1O[C@H](C(O)[C@H]2[C@H](OC)[C@@H](OC)[C@@H](OC)O[C@@H]2CO[Si](c2ccccc2)(c2ccccc2)C(C)(C)C)[C@@H](OC)[C@@H](OC)[C@@H]1OC. The van der Waals surface area contributed by atoms with Crippen molar-refractivity contribution in [1.82, 2.24) is 0 Å². The first-order chi connectivity index (χ1) is 23.1. The van der Waals surface area contributed by atoms with Gasteiger partial charge in [0.05, 0.1) is 31.5 Å². The van der Waals surface area contributed by atoms with Gasteiger partial charge in [-0.25, -0.2) is 0 Å². The molecule has 4 rings (SSSR count). The Morgan fingerprint density at radius 1 is 0.625 bits per heavy atom. The van der Waals surface area contributed by atoms with Gasteiger partial charge in [0.15, 0.2) is 6.29 Å². The van der Waals surface area contributed by atoms with Crippen LogP contribution < -0.4 is 10.4 Å². The van der Waals surface area contributed by atoms with E-state index in [0.717, 1.165) is 10.4 Å². The highest BCUT2D eigenvalue weighted by Crippen LogP contribution is 2.41. The lowest BCUT2D eigenvalue weighted by Gasteiger charge is -2.52. The summed E-state index contributed by atoms with van der Waals surface area (Å²) in [4.78, 5) is 0. The number of aliphatic hydroxyl groups excluding tert-OH is 1. The molecule has 2 fully saturated rings. The Balaban J connectivity index is 1.80. The van der Waals surface area contributed by atoms with Gasteiger partial charge < -0.3 is 52.2 Å². The zero-order valence-corrected chi connectivity index (χ0v) is 31.1. The van der Waals surface area contributed by atoms with Crippen molar-refractivity contribution in [3.05, 3.63) is 60.7 Å². The van der Waals surface area contributed by atoms with E-state index in [2.05, 4.69) is 45.0 Å². The molecule has 2 aliphatic rings. The van der Waals surface area contributed by atoms with Crippen LogP contribution in [0.4, 0.5) is 0 Å². The molecule has 0 bridgehead atoms. The molecule has 1 unspecified atom stereocenters. The predicted octanol–water partition coefficient (Wildman–Crippen LogP) is 2.40. The fraction of sp³-hybridized carbons (Fsp3) is 0.667. The first-order valence-electron chi connectivity index (χ1n) is 16.5. The number of rotatable bonds is 15. The van der Waals surface area contributed by atoms with Crippen molar-refractivity contribution in [2.75, 3.05) is 63.0 Å². The molecule has 11 atom stereocenters. The lowest BCUT2D eigenvalue weighted by atomic mass is 9.79. The standard InChI is InChI=1S/C36H56O11Si/c1-36(2,3)48(23-17-13-11-14-18-23,24-19-15-12-16-20-24)45-22-25-27(30(40-6)34(43-9)35(44-10)47-25)28(37)31-33(42-8)32(41-7)29(39-5)26(46-31)21-38-4/h11-20,25-35,37H,21-22H2,1-10H3/t25-,26-,27+,28?,29-,30+,31-,32+,33-,34-,35+/m1/s1. The Morgan fingerprint density at radius 3 is 1.58 bits per heavy atom. The van der Waals surface area contributed by atoms with Crippen LogP contribution >= 0.6 is 0 Å². The second-order valence-electron chi connectivity index (χ2n) is 13.4. The predicted molar refractivity (Wildman–Crippen MR) is 183 cm³/mol. The number of hydrogen-bond acceptors (Lipinski definition) is 11. The summed E-state index contributed by atoms with van der Waals surface area (Å²) in [5, 5.41) is 14.5. The number of benzene rings is 2.